The third kappa shape index (κ3) is 2.19. The van der Waals surface area contributed by atoms with E-state index in [1.807, 2.05) is 0 Å². The molecule has 2 N–H and O–H groups in total. The van der Waals surface area contributed by atoms with Crippen LogP contribution >= 0.6 is 0 Å². The fraction of sp³-hybridized carbons (Fsp3) is 1.00. The van der Waals surface area contributed by atoms with Crippen molar-refractivity contribution in [2.24, 2.45) is 51.6 Å². The number of nitrogens with two attached hydrogens (primary N) is 1. The van der Waals surface area contributed by atoms with Crippen LogP contribution in [0.1, 0.15) is 105 Å². The molecule has 0 heterocycles. The zero-order valence-electron chi connectivity index (χ0n) is 17.9. The van der Waals surface area contributed by atoms with Crippen molar-refractivity contribution >= 4 is 0 Å². The van der Waals surface area contributed by atoms with Crippen LogP contribution in [0.5, 0.6) is 0 Å². The molecule has 0 bridgehead atoms. The van der Waals surface area contributed by atoms with Crippen molar-refractivity contribution in [1.82, 2.24) is 0 Å². The van der Waals surface area contributed by atoms with Gasteiger partial charge in [-0.3, -0.25) is 0 Å². The monoisotopic (exact) mass is 357 g/mol. The Morgan fingerprint density at radius 3 is 2.23 bits per heavy atom. The van der Waals surface area contributed by atoms with E-state index in [0.717, 1.165) is 29.6 Å². The lowest BCUT2D eigenvalue weighted by molar-refractivity contribution is -0.190. The van der Waals surface area contributed by atoms with Gasteiger partial charge in [-0.15, -0.1) is 0 Å². The number of hydrogen-bond donors (Lipinski definition) is 1. The lowest BCUT2D eigenvalue weighted by atomic mass is 9.37. The van der Waals surface area contributed by atoms with Gasteiger partial charge in [-0.25, -0.2) is 0 Å². The molecule has 5 rings (SSSR count). The zero-order valence-corrected chi connectivity index (χ0v) is 17.9. The van der Waals surface area contributed by atoms with Crippen molar-refractivity contribution in [3.8, 4) is 0 Å². The van der Waals surface area contributed by atoms with Crippen molar-refractivity contribution in [1.29, 1.82) is 0 Å². The molecule has 5 aliphatic rings. The van der Waals surface area contributed by atoms with Gasteiger partial charge in [0.1, 0.15) is 0 Å². The zero-order chi connectivity index (χ0) is 18.4. The Morgan fingerprint density at radius 1 is 0.615 bits per heavy atom. The van der Waals surface area contributed by atoms with Gasteiger partial charge in [-0.05, 0) is 110 Å². The van der Waals surface area contributed by atoms with Crippen molar-refractivity contribution in [3.63, 3.8) is 0 Å². The van der Waals surface area contributed by atoms with Crippen LogP contribution < -0.4 is 5.73 Å². The molecule has 5 saturated carbocycles. The summed E-state index contributed by atoms with van der Waals surface area (Å²) in [6.45, 7) is 10.7. The van der Waals surface area contributed by atoms with Gasteiger partial charge in [0.25, 0.3) is 0 Å². The van der Waals surface area contributed by atoms with Crippen LogP contribution in [0, 0.1) is 45.8 Å². The highest BCUT2D eigenvalue weighted by Crippen LogP contribution is 2.71. The maximum Gasteiger partial charge on any atom is 0.0185 e. The summed E-state index contributed by atoms with van der Waals surface area (Å²) in [7, 11) is 0. The Kier molecular flexibility index (Phi) is 3.82. The fourth-order valence-corrected chi connectivity index (χ4v) is 10.4. The van der Waals surface area contributed by atoms with Gasteiger partial charge in [0.05, 0.1) is 0 Å². The molecular weight excluding hydrogens is 314 g/mol. The Hall–Kier alpha value is -0.0400. The average Bonchev–Trinajstić information content (AvgIpc) is 2.95. The molecule has 0 amide bonds. The van der Waals surface area contributed by atoms with E-state index in [0.29, 0.717) is 16.2 Å². The normalized spacial score (nSPS) is 58.3. The SMILES string of the molecule is CC1(C)CCCC2(C)C1CCC1(C)C3CCC4(N)CCC[C@@H]4C3CCC12. The molecular formula is C25H43N. The molecule has 148 valence electrons. The smallest absolute Gasteiger partial charge is 0.0185 e. The summed E-state index contributed by atoms with van der Waals surface area (Å²) in [5, 5.41) is 0. The van der Waals surface area contributed by atoms with E-state index in [9.17, 15) is 0 Å². The minimum absolute atomic E-state index is 0.221. The van der Waals surface area contributed by atoms with Gasteiger partial charge in [0.15, 0.2) is 0 Å². The summed E-state index contributed by atoms with van der Waals surface area (Å²) < 4.78 is 0. The first-order chi connectivity index (χ1) is 12.2. The van der Waals surface area contributed by atoms with Gasteiger partial charge in [0.2, 0.25) is 0 Å². The van der Waals surface area contributed by atoms with E-state index in [1.165, 1.54) is 77.0 Å². The molecule has 0 aromatic heterocycles. The number of hydrogen-bond acceptors (Lipinski definition) is 1. The maximum absolute atomic E-state index is 6.95. The molecule has 0 spiro atoms. The van der Waals surface area contributed by atoms with Gasteiger partial charge >= 0.3 is 0 Å². The minimum Gasteiger partial charge on any atom is -0.325 e. The van der Waals surface area contributed by atoms with E-state index in [4.69, 9.17) is 5.73 Å². The van der Waals surface area contributed by atoms with Crippen LogP contribution in [-0.4, -0.2) is 5.54 Å². The summed E-state index contributed by atoms with van der Waals surface area (Å²) in [6.07, 6.45) is 17.4. The summed E-state index contributed by atoms with van der Waals surface area (Å²) in [4.78, 5) is 0. The van der Waals surface area contributed by atoms with Crippen LogP contribution in [-0.2, 0) is 0 Å². The van der Waals surface area contributed by atoms with Crippen LogP contribution in [0.15, 0.2) is 0 Å². The van der Waals surface area contributed by atoms with E-state index in [1.54, 1.807) is 0 Å². The molecule has 0 saturated heterocycles. The predicted molar refractivity (Wildman–Crippen MR) is 110 cm³/mol. The second kappa shape index (κ2) is 5.52. The summed E-state index contributed by atoms with van der Waals surface area (Å²) >= 11 is 0. The van der Waals surface area contributed by atoms with Gasteiger partial charge in [0, 0.05) is 5.54 Å². The van der Waals surface area contributed by atoms with Gasteiger partial charge < -0.3 is 5.73 Å². The quantitative estimate of drug-likeness (QED) is 0.522. The highest BCUT2D eigenvalue weighted by atomic mass is 14.8. The first-order valence-electron chi connectivity index (χ1n) is 12.0. The molecule has 0 radical (unpaired) electrons. The largest absolute Gasteiger partial charge is 0.325 e. The third-order valence-electron chi connectivity index (χ3n) is 11.3. The van der Waals surface area contributed by atoms with E-state index in [2.05, 4.69) is 27.7 Å². The molecule has 0 aliphatic heterocycles. The molecule has 1 nitrogen and oxygen atoms in total. The molecule has 5 aliphatic carbocycles. The molecule has 8 atom stereocenters. The number of fused-ring (bicyclic) bond motifs is 7. The summed E-state index contributed by atoms with van der Waals surface area (Å²) in [5.41, 5.74) is 8.94. The molecule has 7 unspecified atom stereocenters. The second-order valence-corrected chi connectivity index (χ2v) is 12.6. The predicted octanol–water partition coefficient (Wildman–Crippen LogP) is 6.55. The second-order valence-electron chi connectivity index (χ2n) is 12.6. The Labute approximate surface area is 162 Å². The van der Waals surface area contributed by atoms with Crippen LogP contribution in [0.25, 0.3) is 0 Å². The van der Waals surface area contributed by atoms with Crippen LogP contribution in [0.3, 0.4) is 0 Å². The van der Waals surface area contributed by atoms with Gasteiger partial charge in [-0.2, -0.15) is 0 Å². The van der Waals surface area contributed by atoms with Crippen LogP contribution in [0.2, 0.25) is 0 Å². The Morgan fingerprint density at radius 2 is 1.42 bits per heavy atom. The Balaban J connectivity index is 1.49. The lowest BCUT2D eigenvalue weighted by Crippen LogP contribution is -2.63. The fourth-order valence-electron chi connectivity index (χ4n) is 10.4. The Bertz CT molecular complexity index is 581. The van der Waals surface area contributed by atoms with E-state index >= 15 is 0 Å². The highest BCUT2D eigenvalue weighted by molar-refractivity contribution is 5.15. The first-order valence-corrected chi connectivity index (χ1v) is 12.0. The summed E-state index contributed by atoms with van der Waals surface area (Å²) in [6, 6.07) is 0. The third-order valence-corrected chi connectivity index (χ3v) is 11.3. The minimum atomic E-state index is 0.221. The molecule has 0 aromatic rings. The van der Waals surface area contributed by atoms with Crippen molar-refractivity contribution in [3.05, 3.63) is 0 Å². The van der Waals surface area contributed by atoms with E-state index < -0.39 is 0 Å². The average molecular weight is 358 g/mol. The van der Waals surface area contributed by atoms with Crippen molar-refractivity contribution in [2.75, 3.05) is 0 Å². The van der Waals surface area contributed by atoms with Crippen molar-refractivity contribution in [2.45, 2.75) is 110 Å². The lowest BCUT2D eigenvalue weighted by Gasteiger charge is -2.68. The topological polar surface area (TPSA) is 26.0 Å². The number of rotatable bonds is 0. The molecule has 1 heteroatoms. The summed E-state index contributed by atoms with van der Waals surface area (Å²) in [5.74, 6) is 4.72. The maximum atomic E-state index is 6.95. The van der Waals surface area contributed by atoms with Crippen LogP contribution in [0.4, 0.5) is 0 Å². The molecule has 26 heavy (non-hydrogen) atoms. The standard InChI is InChI=1S/C25H43N/c1-22(2)12-6-13-24(4)20(22)11-15-23(3)18-10-16-25(26)14-5-7-19(25)17(18)8-9-21(23)24/h17-21H,5-16,26H2,1-4H3/t17?,18?,19-,20?,21?,23?,24?,25?/m1/s1. The highest BCUT2D eigenvalue weighted by Gasteiger charge is 2.64. The molecule has 0 aromatic carbocycles. The first kappa shape index (κ1) is 18.0. The van der Waals surface area contributed by atoms with Crippen molar-refractivity contribution < 1.29 is 0 Å². The molecule has 5 fully saturated rings. The van der Waals surface area contributed by atoms with Gasteiger partial charge in [-0.1, -0.05) is 40.5 Å². The van der Waals surface area contributed by atoms with E-state index in [-0.39, 0.29) is 5.54 Å².